The van der Waals surface area contributed by atoms with E-state index in [4.69, 9.17) is 0 Å². The van der Waals surface area contributed by atoms with Gasteiger partial charge in [0, 0.05) is 0 Å². The van der Waals surface area contributed by atoms with Crippen molar-refractivity contribution in [2.45, 2.75) is 40.5 Å². The van der Waals surface area contributed by atoms with Gasteiger partial charge in [-0.05, 0) is 0 Å². The molecule has 0 nitrogen and oxygen atoms in total. The fourth-order valence-electron chi connectivity index (χ4n) is 2.89. The van der Waals surface area contributed by atoms with E-state index in [2.05, 4.69) is 48.3 Å². The Balaban J connectivity index is 0.00000162. The Labute approximate surface area is 133 Å². The minimum absolute atomic E-state index is 0. The summed E-state index contributed by atoms with van der Waals surface area (Å²) in [6, 6.07) is 0. The summed E-state index contributed by atoms with van der Waals surface area (Å²) in [7, 11) is 0. The van der Waals surface area contributed by atoms with E-state index >= 15 is 0 Å². The molecule has 0 fully saturated rings. The molecular formula is C16H24Cl2Zr. The normalized spacial score (nSPS) is 18.1. The second kappa shape index (κ2) is 6.75. The van der Waals surface area contributed by atoms with Gasteiger partial charge in [0.05, 0.1) is 0 Å². The van der Waals surface area contributed by atoms with Gasteiger partial charge in [0.15, 0.2) is 0 Å². The molecule has 0 atom stereocenters. The van der Waals surface area contributed by atoms with Gasteiger partial charge >= 0.3 is 109 Å². The van der Waals surface area contributed by atoms with Gasteiger partial charge < -0.3 is 0 Å². The van der Waals surface area contributed by atoms with Gasteiger partial charge in [-0.1, -0.05) is 0 Å². The van der Waals surface area contributed by atoms with Crippen molar-refractivity contribution in [2.24, 2.45) is 0 Å². The first kappa shape index (κ1) is 19.2. The molecule has 0 heterocycles. The number of halogens is 2. The van der Waals surface area contributed by atoms with E-state index in [1.165, 1.54) is 22.3 Å². The van der Waals surface area contributed by atoms with Crippen molar-refractivity contribution < 1.29 is 19.3 Å². The van der Waals surface area contributed by atoms with E-state index in [0.29, 0.717) is 0 Å². The third kappa shape index (κ3) is 3.26. The van der Waals surface area contributed by atoms with Crippen LogP contribution in [0.3, 0.4) is 0 Å². The molecule has 2 aliphatic rings. The Hall–Kier alpha value is 0.163. The zero-order valence-electron chi connectivity index (χ0n) is 12.3. The molecule has 0 amide bonds. The summed E-state index contributed by atoms with van der Waals surface area (Å²) < 4.78 is 12.5. The SMILES string of the molecule is Cl.Cl.[CH2]=[Zr](=[CH2])([C]1=C(C)C(C)=CC1)[C]1=C(C)C(C)=CC1. The molecule has 3 heteroatoms. The summed E-state index contributed by atoms with van der Waals surface area (Å²) >= 11 is -2.72. The minimum atomic E-state index is -2.72. The van der Waals surface area contributed by atoms with Gasteiger partial charge in [0.1, 0.15) is 0 Å². The fraction of sp³-hybridized carbons (Fsp3) is 0.375. The molecule has 0 saturated carbocycles. The Morgan fingerprint density at radius 3 is 1.32 bits per heavy atom. The molecule has 0 aliphatic heterocycles. The van der Waals surface area contributed by atoms with Crippen LogP contribution in [0.1, 0.15) is 40.5 Å². The van der Waals surface area contributed by atoms with Crippen LogP contribution in [0.15, 0.2) is 41.0 Å². The average molecular weight is 378 g/mol. The maximum atomic E-state index is 4.62. The molecule has 0 aromatic carbocycles. The summed E-state index contributed by atoms with van der Waals surface area (Å²) in [4.78, 5) is 0. The molecule has 106 valence electrons. The number of rotatable bonds is 2. The van der Waals surface area contributed by atoms with Crippen LogP contribution in [0, 0.1) is 0 Å². The van der Waals surface area contributed by atoms with E-state index in [-0.39, 0.29) is 24.8 Å². The summed E-state index contributed by atoms with van der Waals surface area (Å²) in [6.45, 7) is 8.93. The van der Waals surface area contributed by atoms with Crippen LogP contribution in [0.2, 0.25) is 0 Å². The van der Waals surface area contributed by atoms with Crippen molar-refractivity contribution >= 4 is 33.2 Å². The van der Waals surface area contributed by atoms with Crippen molar-refractivity contribution in [3.8, 4) is 0 Å². The number of hydrogen-bond donors (Lipinski definition) is 0. The van der Waals surface area contributed by atoms with Crippen molar-refractivity contribution in [3.05, 3.63) is 41.0 Å². The standard InChI is InChI=1S/2C7H9.2CH2.2ClH.Zr/c2*1-6-4-3-5-7(6)2;;;;;/h2*4H,3H2,1-2H3;2*1H2;2*1H;. The monoisotopic (exact) mass is 376 g/mol. The number of allylic oxidation sites excluding steroid dienone is 8. The molecule has 0 spiro atoms. The van der Waals surface area contributed by atoms with Crippen LogP contribution in [0.25, 0.3) is 0 Å². The van der Waals surface area contributed by atoms with Gasteiger partial charge in [-0.2, -0.15) is 0 Å². The Morgan fingerprint density at radius 1 is 0.789 bits per heavy atom. The molecular weight excluding hydrogens is 354 g/mol. The van der Waals surface area contributed by atoms with Gasteiger partial charge in [0.2, 0.25) is 0 Å². The van der Waals surface area contributed by atoms with E-state index < -0.39 is 19.3 Å². The van der Waals surface area contributed by atoms with Crippen LogP contribution in [0.5, 0.6) is 0 Å². The van der Waals surface area contributed by atoms with Crippen molar-refractivity contribution in [1.29, 1.82) is 0 Å². The van der Waals surface area contributed by atoms with Gasteiger partial charge in [0.25, 0.3) is 0 Å². The van der Waals surface area contributed by atoms with E-state index in [9.17, 15) is 0 Å². The zero-order chi connectivity index (χ0) is 12.8. The first-order valence-electron chi connectivity index (χ1n) is 6.31. The summed E-state index contributed by atoms with van der Waals surface area (Å²) in [5.41, 5.74) is 5.84. The molecule has 0 N–H and O–H groups in total. The summed E-state index contributed by atoms with van der Waals surface area (Å²) in [5, 5.41) is 0. The van der Waals surface area contributed by atoms with E-state index in [1.54, 1.807) is 6.56 Å². The average Bonchev–Trinajstić information content (AvgIpc) is 2.75. The van der Waals surface area contributed by atoms with Crippen LogP contribution >= 0.6 is 24.8 Å². The molecule has 2 aliphatic carbocycles. The van der Waals surface area contributed by atoms with E-state index in [1.807, 2.05) is 0 Å². The Kier molecular flexibility index (Phi) is 6.80. The predicted molar refractivity (Wildman–Crippen MR) is 90.9 cm³/mol. The van der Waals surface area contributed by atoms with Crippen molar-refractivity contribution in [3.63, 3.8) is 0 Å². The third-order valence-corrected chi connectivity index (χ3v) is 13.0. The second-order valence-electron chi connectivity index (χ2n) is 5.47. The zero-order valence-corrected chi connectivity index (χ0v) is 16.4. The molecule has 2 rings (SSSR count). The van der Waals surface area contributed by atoms with Crippen molar-refractivity contribution in [2.75, 3.05) is 0 Å². The van der Waals surface area contributed by atoms with Gasteiger partial charge in [-0.15, -0.1) is 24.8 Å². The number of hydrogen-bond acceptors (Lipinski definition) is 0. The van der Waals surface area contributed by atoms with Crippen LogP contribution in [-0.2, 0) is 19.3 Å². The quantitative estimate of drug-likeness (QED) is 0.627. The summed E-state index contributed by atoms with van der Waals surface area (Å²) in [5.74, 6) is 0. The molecule has 0 aromatic rings. The predicted octanol–water partition coefficient (Wildman–Crippen LogP) is 5.10. The Bertz CT molecular complexity index is 549. The van der Waals surface area contributed by atoms with Crippen LogP contribution in [-0.4, -0.2) is 8.42 Å². The third-order valence-electron chi connectivity index (χ3n) is 4.47. The molecule has 0 unspecified atom stereocenters. The molecule has 0 aromatic heterocycles. The molecule has 19 heavy (non-hydrogen) atoms. The van der Waals surface area contributed by atoms with E-state index in [0.717, 1.165) is 12.8 Å². The molecule has 0 bridgehead atoms. The topological polar surface area (TPSA) is 0 Å². The maximum absolute atomic E-state index is 4.62. The van der Waals surface area contributed by atoms with Crippen LogP contribution < -0.4 is 0 Å². The van der Waals surface area contributed by atoms with Crippen LogP contribution in [0.4, 0.5) is 0 Å². The van der Waals surface area contributed by atoms with Gasteiger partial charge in [-0.3, -0.25) is 0 Å². The molecule has 0 saturated heterocycles. The van der Waals surface area contributed by atoms with Crippen molar-refractivity contribution in [1.82, 2.24) is 0 Å². The molecule has 0 radical (unpaired) electrons. The second-order valence-corrected chi connectivity index (χ2v) is 13.8. The van der Waals surface area contributed by atoms with Gasteiger partial charge in [-0.25, -0.2) is 0 Å². The first-order valence-corrected chi connectivity index (χ1v) is 12.2. The fourth-order valence-corrected chi connectivity index (χ4v) is 10.7. The summed E-state index contributed by atoms with van der Waals surface area (Å²) in [6.07, 6.45) is 6.91. The first-order chi connectivity index (χ1) is 7.85. The Morgan fingerprint density at radius 2 is 1.11 bits per heavy atom.